The van der Waals surface area contributed by atoms with Crippen molar-refractivity contribution < 1.29 is 13.9 Å². The molecular formula is C19H19N3O3. The smallest absolute Gasteiger partial charge is 0.313 e. The maximum Gasteiger partial charge on any atom is 0.313 e. The first-order valence-corrected chi connectivity index (χ1v) is 8.15. The van der Waals surface area contributed by atoms with Crippen LogP contribution in [0.4, 0.5) is 5.69 Å². The second kappa shape index (κ2) is 8.10. The van der Waals surface area contributed by atoms with Crippen LogP contribution in [0.2, 0.25) is 0 Å². The van der Waals surface area contributed by atoms with E-state index >= 15 is 0 Å². The van der Waals surface area contributed by atoms with Crippen molar-refractivity contribution in [3.05, 3.63) is 71.9 Å². The van der Waals surface area contributed by atoms with E-state index in [0.29, 0.717) is 24.6 Å². The van der Waals surface area contributed by atoms with Crippen molar-refractivity contribution in [2.45, 2.75) is 19.8 Å². The van der Waals surface area contributed by atoms with Gasteiger partial charge in [-0.1, -0.05) is 30.3 Å². The molecular weight excluding hydrogens is 318 g/mol. The molecule has 0 saturated carbocycles. The molecule has 1 heterocycles. The third-order valence-electron chi connectivity index (χ3n) is 3.55. The minimum Gasteiger partial charge on any atom is -0.494 e. The van der Waals surface area contributed by atoms with Gasteiger partial charge < -0.3 is 14.5 Å². The molecule has 128 valence electrons. The highest BCUT2D eigenvalue weighted by Crippen LogP contribution is 2.16. The number of aryl methyl sites for hydroxylation is 2. The van der Waals surface area contributed by atoms with Crippen LogP contribution in [0, 0.1) is 0 Å². The van der Waals surface area contributed by atoms with Gasteiger partial charge in [-0.2, -0.15) is 0 Å². The van der Waals surface area contributed by atoms with E-state index in [1.54, 1.807) is 24.3 Å². The molecule has 1 N–H and O–H groups in total. The van der Waals surface area contributed by atoms with Gasteiger partial charge in [0, 0.05) is 12.1 Å². The lowest BCUT2D eigenvalue weighted by Crippen LogP contribution is -2.12. The molecule has 1 amide bonds. The fourth-order valence-electron chi connectivity index (χ4n) is 2.33. The molecule has 2 aromatic carbocycles. The van der Waals surface area contributed by atoms with Crippen molar-refractivity contribution in [3.63, 3.8) is 0 Å². The first-order chi connectivity index (χ1) is 12.2. The average molecular weight is 337 g/mol. The number of nitrogens with zero attached hydrogens (tertiary/aromatic N) is 2. The molecule has 0 unspecified atom stereocenters. The van der Waals surface area contributed by atoms with E-state index in [4.69, 9.17) is 9.15 Å². The largest absolute Gasteiger partial charge is 0.494 e. The molecule has 0 bridgehead atoms. The van der Waals surface area contributed by atoms with E-state index in [2.05, 4.69) is 15.5 Å². The van der Waals surface area contributed by atoms with E-state index in [9.17, 15) is 4.79 Å². The highest BCUT2D eigenvalue weighted by Gasteiger charge is 2.15. The van der Waals surface area contributed by atoms with Gasteiger partial charge >= 0.3 is 11.8 Å². The Labute approximate surface area is 145 Å². The summed E-state index contributed by atoms with van der Waals surface area (Å²) in [6.07, 6.45) is 1.37. The van der Waals surface area contributed by atoms with E-state index in [-0.39, 0.29) is 5.89 Å². The fraction of sp³-hybridized carbons (Fsp3) is 0.211. The quantitative estimate of drug-likeness (QED) is 0.714. The maximum atomic E-state index is 12.2. The number of anilines is 1. The zero-order valence-corrected chi connectivity index (χ0v) is 13.9. The van der Waals surface area contributed by atoms with Gasteiger partial charge in [0.25, 0.3) is 0 Å². The Bertz CT molecular complexity index is 813. The lowest BCUT2D eigenvalue weighted by atomic mass is 10.1. The summed E-state index contributed by atoms with van der Waals surface area (Å²) >= 11 is 0. The van der Waals surface area contributed by atoms with Crippen LogP contribution in [0.3, 0.4) is 0 Å². The summed E-state index contributed by atoms with van der Waals surface area (Å²) in [6, 6.07) is 17.1. The van der Waals surface area contributed by atoms with Gasteiger partial charge in [0.05, 0.1) is 6.61 Å². The van der Waals surface area contributed by atoms with Crippen LogP contribution in [-0.2, 0) is 12.8 Å². The Morgan fingerprint density at radius 3 is 2.52 bits per heavy atom. The second-order valence-electron chi connectivity index (χ2n) is 5.40. The SMILES string of the molecule is CCOc1ccc(NC(=O)c2nnc(CCc3ccccc3)o2)cc1. The molecule has 0 radical (unpaired) electrons. The summed E-state index contributed by atoms with van der Waals surface area (Å²) in [6.45, 7) is 2.51. The van der Waals surface area contributed by atoms with Gasteiger partial charge in [-0.25, -0.2) is 0 Å². The third-order valence-corrected chi connectivity index (χ3v) is 3.55. The predicted molar refractivity (Wildman–Crippen MR) is 93.7 cm³/mol. The highest BCUT2D eigenvalue weighted by atomic mass is 16.5. The highest BCUT2D eigenvalue weighted by molar-refractivity contribution is 6.00. The number of carbonyl (C=O) groups is 1. The lowest BCUT2D eigenvalue weighted by Gasteiger charge is -2.05. The number of rotatable bonds is 7. The Kier molecular flexibility index (Phi) is 5.41. The predicted octanol–water partition coefficient (Wildman–Crippen LogP) is 3.51. The number of ether oxygens (including phenoxy) is 1. The van der Waals surface area contributed by atoms with Crippen molar-refractivity contribution >= 4 is 11.6 Å². The second-order valence-corrected chi connectivity index (χ2v) is 5.40. The molecule has 1 aromatic heterocycles. The standard InChI is InChI=1S/C19H19N3O3/c1-2-24-16-11-9-15(10-12-16)20-18(23)19-22-21-17(25-19)13-8-14-6-4-3-5-7-14/h3-7,9-12H,2,8,13H2,1H3,(H,20,23). The van der Waals surface area contributed by atoms with Gasteiger partial charge in [-0.15, -0.1) is 10.2 Å². The van der Waals surface area contributed by atoms with Crippen LogP contribution in [0.1, 0.15) is 29.1 Å². The molecule has 0 fully saturated rings. The van der Waals surface area contributed by atoms with E-state index in [0.717, 1.165) is 12.2 Å². The number of carbonyl (C=O) groups excluding carboxylic acids is 1. The summed E-state index contributed by atoms with van der Waals surface area (Å²) in [4.78, 5) is 12.2. The van der Waals surface area contributed by atoms with Crippen molar-refractivity contribution in [1.82, 2.24) is 10.2 Å². The van der Waals surface area contributed by atoms with Gasteiger partial charge in [0.2, 0.25) is 5.89 Å². The zero-order valence-electron chi connectivity index (χ0n) is 13.9. The zero-order chi connectivity index (χ0) is 17.5. The van der Waals surface area contributed by atoms with Crippen LogP contribution >= 0.6 is 0 Å². The number of nitrogens with one attached hydrogen (secondary N) is 1. The molecule has 6 nitrogen and oxygen atoms in total. The first kappa shape index (κ1) is 16.7. The Morgan fingerprint density at radius 2 is 1.80 bits per heavy atom. The topological polar surface area (TPSA) is 77.2 Å². The van der Waals surface area contributed by atoms with Gasteiger partial charge in [0.15, 0.2) is 0 Å². The molecule has 0 aliphatic heterocycles. The number of amides is 1. The van der Waals surface area contributed by atoms with Crippen molar-refractivity contribution in [3.8, 4) is 5.75 Å². The molecule has 0 atom stereocenters. The summed E-state index contributed by atoms with van der Waals surface area (Å²) in [7, 11) is 0. The van der Waals surface area contributed by atoms with Gasteiger partial charge in [-0.05, 0) is 43.2 Å². The molecule has 0 aliphatic carbocycles. The molecule has 3 rings (SSSR count). The van der Waals surface area contributed by atoms with Gasteiger partial charge in [0.1, 0.15) is 5.75 Å². The number of benzene rings is 2. The Hall–Kier alpha value is -3.15. The third kappa shape index (κ3) is 4.67. The monoisotopic (exact) mass is 337 g/mol. The molecule has 6 heteroatoms. The van der Waals surface area contributed by atoms with Crippen LogP contribution < -0.4 is 10.1 Å². The van der Waals surface area contributed by atoms with Crippen molar-refractivity contribution in [2.24, 2.45) is 0 Å². The minimum atomic E-state index is -0.428. The van der Waals surface area contributed by atoms with E-state index in [1.807, 2.05) is 37.3 Å². The van der Waals surface area contributed by atoms with Crippen LogP contribution in [0.15, 0.2) is 59.0 Å². The van der Waals surface area contributed by atoms with Crippen LogP contribution in [0.25, 0.3) is 0 Å². The molecule has 25 heavy (non-hydrogen) atoms. The normalized spacial score (nSPS) is 10.4. The molecule has 0 aliphatic rings. The first-order valence-electron chi connectivity index (χ1n) is 8.15. The van der Waals surface area contributed by atoms with Crippen molar-refractivity contribution in [1.29, 1.82) is 0 Å². The summed E-state index contributed by atoms with van der Waals surface area (Å²) in [5.74, 6) is 0.724. The van der Waals surface area contributed by atoms with Crippen molar-refractivity contribution in [2.75, 3.05) is 11.9 Å². The molecule has 0 saturated heterocycles. The number of hydrogen-bond acceptors (Lipinski definition) is 5. The summed E-state index contributed by atoms with van der Waals surface area (Å²) in [5, 5.41) is 10.5. The maximum absolute atomic E-state index is 12.2. The van der Waals surface area contributed by atoms with Gasteiger partial charge in [-0.3, -0.25) is 4.79 Å². The van der Waals surface area contributed by atoms with Crippen LogP contribution in [0.5, 0.6) is 5.75 Å². The number of aromatic nitrogens is 2. The lowest BCUT2D eigenvalue weighted by molar-refractivity contribution is 0.0988. The fourth-order valence-corrected chi connectivity index (χ4v) is 2.33. The van der Waals surface area contributed by atoms with E-state index in [1.165, 1.54) is 5.56 Å². The number of hydrogen-bond donors (Lipinski definition) is 1. The van der Waals surface area contributed by atoms with E-state index < -0.39 is 5.91 Å². The summed E-state index contributed by atoms with van der Waals surface area (Å²) < 4.78 is 10.8. The Balaban J connectivity index is 1.56. The molecule has 0 spiro atoms. The average Bonchev–Trinajstić information content (AvgIpc) is 3.12. The summed E-state index contributed by atoms with van der Waals surface area (Å²) in [5.41, 5.74) is 1.82. The molecule has 3 aromatic rings. The Morgan fingerprint density at radius 1 is 1.04 bits per heavy atom. The van der Waals surface area contributed by atoms with Crippen LogP contribution in [-0.4, -0.2) is 22.7 Å². The minimum absolute atomic E-state index is 0.0445.